The maximum Gasteiger partial charge on any atom is 0.302 e. The molecular weight excluding hydrogens is 230 g/mol. The Bertz CT molecular complexity index is 417. The minimum absolute atomic E-state index is 0.187. The molecule has 0 radical (unpaired) electrons. The Labute approximate surface area is 107 Å². The number of esters is 1. The van der Waals surface area contributed by atoms with E-state index in [1.165, 1.54) is 6.92 Å². The van der Waals surface area contributed by atoms with Crippen LogP contribution in [0.2, 0.25) is 0 Å². The van der Waals surface area contributed by atoms with Crippen LogP contribution in [0.25, 0.3) is 0 Å². The highest BCUT2D eigenvalue weighted by Crippen LogP contribution is 2.54. The lowest BCUT2D eigenvalue weighted by Crippen LogP contribution is -2.37. The Morgan fingerprint density at radius 1 is 1.44 bits per heavy atom. The van der Waals surface area contributed by atoms with Crippen LogP contribution in [-0.4, -0.2) is 36.0 Å². The molecule has 0 aromatic rings. The van der Waals surface area contributed by atoms with Crippen molar-refractivity contribution in [1.82, 2.24) is 4.90 Å². The molecule has 1 saturated carbocycles. The largest absolute Gasteiger partial charge is 0.464 e. The number of nitrogens with zero attached hydrogens (tertiary/aromatic N) is 1. The van der Waals surface area contributed by atoms with Crippen LogP contribution in [0, 0.1) is 23.7 Å². The molecule has 2 fully saturated rings. The average Bonchev–Trinajstić information content (AvgIpc) is 2.97. The Morgan fingerprint density at radius 3 is 2.83 bits per heavy atom. The molecule has 2 bridgehead atoms. The Hall–Kier alpha value is -1.32. The molecule has 3 aliphatic rings. The van der Waals surface area contributed by atoms with Crippen molar-refractivity contribution in [3.63, 3.8) is 0 Å². The van der Waals surface area contributed by atoms with E-state index in [2.05, 4.69) is 19.1 Å². The van der Waals surface area contributed by atoms with E-state index < -0.39 is 0 Å². The first-order chi connectivity index (χ1) is 8.59. The fourth-order valence-electron chi connectivity index (χ4n) is 4.07. The van der Waals surface area contributed by atoms with Gasteiger partial charge >= 0.3 is 5.97 Å². The van der Waals surface area contributed by atoms with Gasteiger partial charge in [-0.15, -0.1) is 0 Å². The number of allylic oxidation sites excluding steroid dienone is 2. The van der Waals surface area contributed by atoms with E-state index in [-0.39, 0.29) is 23.8 Å². The molecule has 4 nitrogen and oxygen atoms in total. The minimum atomic E-state index is -0.281. The Morgan fingerprint density at radius 2 is 2.17 bits per heavy atom. The second-order valence-electron chi connectivity index (χ2n) is 5.66. The molecule has 1 unspecified atom stereocenters. The number of amides is 1. The quantitative estimate of drug-likeness (QED) is 0.558. The molecule has 1 saturated heterocycles. The van der Waals surface area contributed by atoms with Crippen LogP contribution in [0.15, 0.2) is 12.2 Å². The molecule has 1 amide bonds. The lowest BCUT2D eigenvalue weighted by Gasteiger charge is -2.26. The third kappa shape index (κ3) is 1.58. The Kier molecular flexibility index (Phi) is 2.68. The molecule has 5 atom stereocenters. The maximum absolute atomic E-state index is 12.4. The van der Waals surface area contributed by atoms with Gasteiger partial charge < -0.3 is 9.64 Å². The van der Waals surface area contributed by atoms with E-state index in [4.69, 9.17) is 4.74 Å². The number of hydrogen-bond donors (Lipinski definition) is 0. The first-order valence-corrected chi connectivity index (χ1v) is 6.71. The standard InChI is InChI=1S/C14H19NO3/c1-8-12-10-3-4-11(7-10)13(12)14(17)15(8)5-6-18-9(2)16/h3-4,8,10-13H,5-7H2,1-2H3/t8?,10-,11+,12+,13-/m0/s1. The highest BCUT2D eigenvalue weighted by Gasteiger charge is 2.57. The zero-order chi connectivity index (χ0) is 12.9. The average molecular weight is 249 g/mol. The van der Waals surface area contributed by atoms with Crippen molar-refractivity contribution < 1.29 is 14.3 Å². The van der Waals surface area contributed by atoms with Gasteiger partial charge in [-0.1, -0.05) is 12.2 Å². The normalized spacial score (nSPS) is 40.4. The van der Waals surface area contributed by atoms with Crippen LogP contribution in [0.5, 0.6) is 0 Å². The number of rotatable bonds is 3. The summed E-state index contributed by atoms with van der Waals surface area (Å²) in [5.74, 6) is 1.68. The summed E-state index contributed by atoms with van der Waals surface area (Å²) in [6, 6.07) is 0.276. The van der Waals surface area contributed by atoms with Crippen molar-refractivity contribution in [3.8, 4) is 0 Å². The molecule has 0 N–H and O–H groups in total. The van der Waals surface area contributed by atoms with E-state index >= 15 is 0 Å². The van der Waals surface area contributed by atoms with Crippen molar-refractivity contribution in [3.05, 3.63) is 12.2 Å². The van der Waals surface area contributed by atoms with E-state index in [1.54, 1.807) is 0 Å². The zero-order valence-corrected chi connectivity index (χ0v) is 10.8. The van der Waals surface area contributed by atoms with Crippen LogP contribution in [-0.2, 0) is 14.3 Å². The summed E-state index contributed by atoms with van der Waals surface area (Å²) in [6.07, 6.45) is 5.65. The molecule has 0 spiro atoms. The summed E-state index contributed by atoms with van der Waals surface area (Å²) in [7, 11) is 0. The van der Waals surface area contributed by atoms with Crippen LogP contribution in [0.1, 0.15) is 20.3 Å². The summed E-state index contributed by atoms with van der Waals surface area (Å²) in [6.45, 7) is 4.37. The van der Waals surface area contributed by atoms with E-state index in [0.717, 1.165) is 6.42 Å². The van der Waals surface area contributed by atoms with Gasteiger partial charge in [0.1, 0.15) is 6.61 Å². The van der Waals surface area contributed by atoms with Crippen LogP contribution in [0.4, 0.5) is 0 Å². The number of hydrogen-bond acceptors (Lipinski definition) is 3. The van der Waals surface area contributed by atoms with Crippen LogP contribution >= 0.6 is 0 Å². The molecule has 0 aromatic heterocycles. The molecule has 4 heteroatoms. The summed E-state index contributed by atoms with van der Waals surface area (Å²) >= 11 is 0. The molecule has 18 heavy (non-hydrogen) atoms. The van der Waals surface area contributed by atoms with Gasteiger partial charge in [0.15, 0.2) is 0 Å². The molecule has 98 valence electrons. The summed E-state index contributed by atoms with van der Waals surface area (Å²) in [4.78, 5) is 25.1. The third-order valence-electron chi connectivity index (χ3n) is 4.77. The number of ether oxygens (including phenoxy) is 1. The van der Waals surface area contributed by atoms with E-state index in [1.807, 2.05) is 4.90 Å². The predicted octanol–water partition coefficient (Wildman–Crippen LogP) is 1.22. The van der Waals surface area contributed by atoms with Gasteiger partial charge in [-0.25, -0.2) is 0 Å². The van der Waals surface area contributed by atoms with E-state index in [9.17, 15) is 9.59 Å². The van der Waals surface area contributed by atoms with Crippen molar-refractivity contribution in [2.45, 2.75) is 26.3 Å². The maximum atomic E-state index is 12.4. The van der Waals surface area contributed by atoms with Gasteiger partial charge in [-0.2, -0.15) is 0 Å². The monoisotopic (exact) mass is 249 g/mol. The highest BCUT2D eigenvalue weighted by atomic mass is 16.5. The predicted molar refractivity (Wildman–Crippen MR) is 65.5 cm³/mol. The third-order valence-corrected chi connectivity index (χ3v) is 4.77. The van der Waals surface area contributed by atoms with Gasteiger partial charge in [-0.3, -0.25) is 9.59 Å². The highest BCUT2D eigenvalue weighted by molar-refractivity contribution is 5.83. The number of fused-ring (bicyclic) bond motifs is 5. The van der Waals surface area contributed by atoms with Crippen molar-refractivity contribution >= 4 is 11.9 Å². The first-order valence-electron chi connectivity index (χ1n) is 6.71. The van der Waals surface area contributed by atoms with Gasteiger partial charge in [0.25, 0.3) is 0 Å². The van der Waals surface area contributed by atoms with Gasteiger partial charge in [0.2, 0.25) is 5.91 Å². The Balaban J connectivity index is 1.68. The molecule has 0 aromatic carbocycles. The molecule has 1 aliphatic heterocycles. The number of carbonyl (C=O) groups excluding carboxylic acids is 2. The smallest absolute Gasteiger partial charge is 0.302 e. The summed E-state index contributed by atoms with van der Waals surface area (Å²) < 4.78 is 4.94. The molecular formula is C14H19NO3. The minimum Gasteiger partial charge on any atom is -0.464 e. The first kappa shape index (κ1) is 11.8. The van der Waals surface area contributed by atoms with Crippen LogP contribution in [0.3, 0.4) is 0 Å². The topological polar surface area (TPSA) is 46.6 Å². The van der Waals surface area contributed by atoms with Crippen molar-refractivity contribution in [2.24, 2.45) is 23.7 Å². The number of carbonyl (C=O) groups is 2. The van der Waals surface area contributed by atoms with Crippen molar-refractivity contribution in [1.29, 1.82) is 0 Å². The second-order valence-corrected chi connectivity index (χ2v) is 5.66. The van der Waals surface area contributed by atoms with Crippen molar-refractivity contribution in [2.75, 3.05) is 13.2 Å². The second kappa shape index (κ2) is 4.11. The fraction of sp³-hybridized carbons (Fsp3) is 0.714. The van der Waals surface area contributed by atoms with Gasteiger partial charge in [-0.05, 0) is 31.1 Å². The van der Waals surface area contributed by atoms with Gasteiger partial charge in [0, 0.05) is 18.9 Å². The number of likely N-dealkylation sites (tertiary alicyclic amines) is 1. The molecule has 2 aliphatic carbocycles. The van der Waals surface area contributed by atoms with Crippen LogP contribution < -0.4 is 0 Å². The lowest BCUT2D eigenvalue weighted by atomic mass is 9.82. The molecule has 3 rings (SSSR count). The summed E-state index contributed by atoms with van der Waals surface area (Å²) in [5.41, 5.74) is 0. The fourth-order valence-corrected chi connectivity index (χ4v) is 4.07. The summed E-state index contributed by atoms with van der Waals surface area (Å²) in [5, 5.41) is 0. The lowest BCUT2D eigenvalue weighted by molar-refractivity contribution is -0.143. The SMILES string of the molecule is CC(=O)OCCN1C(=O)[C@@H]2[C@H](C1C)[C@H]1C=C[C@@H]2C1. The van der Waals surface area contributed by atoms with E-state index in [0.29, 0.717) is 30.9 Å². The zero-order valence-electron chi connectivity index (χ0n) is 10.8. The molecule has 1 heterocycles. The van der Waals surface area contributed by atoms with Gasteiger partial charge in [0.05, 0.1) is 6.54 Å².